The van der Waals surface area contributed by atoms with E-state index in [-0.39, 0.29) is 5.75 Å². The van der Waals surface area contributed by atoms with E-state index >= 15 is 0 Å². The third-order valence-electron chi connectivity index (χ3n) is 5.07. The number of benzene rings is 1. The fourth-order valence-electron chi connectivity index (χ4n) is 3.27. The topological polar surface area (TPSA) is 189 Å². The molecule has 1 aliphatic heterocycles. The predicted octanol–water partition coefficient (Wildman–Crippen LogP) is 0.0583. The van der Waals surface area contributed by atoms with E-state index in [4.69, 9.17) is 13.8 Å². The number of nitrogens with one attached hydrogen (secondary N) is 2. The van der Waals surface area contributed by atoms with E-state index < -0.39 is 68.1 Å². The second kappa shape index (κ2) is 10.6. The van der Waals surface area contributed by atoms with E-state index in [9.17, 15) is 34.3 Å². The Bertz CT molecular complexity index is 1150. The van der Waals surface area contributed by atoms with Gasteiger partial charge in [0.2, 0.25) is 0 Å². The zero-order valence-corrected chi connectivity index (χ0v) is 19.2. The number of aliphatic carboxylic acids is 1. The maximum atomic E-state index is 13.5. The third-order valence-corrected chi connectivity index (χ3v) is 6.60. The molecule has 0 spiro atoms. The van der Waals surface area contributed by atoms with Crippen molar-refractivity contribution < 1.29 is 38.5 Å². The molecule has 1 saturated heterocycles. The van der Waals surface area contributed by atoms with Crippen LogP contribution >= 0.6 is 7.75 Å². The second-order valence-electron chi connectivity index (χ2n) is 7.95. The molecule has 5 N–H and O–H groups in total. The van der Waals surface area contributed by atoms with Gasteiger partial charge in [0, 0.05) is 12.3 Å². The highest BCUT2D eigenvalue weighted by atomic mass is 31.2. The normalized spacial score (nSPS) is 25.1. The predicted molar refractivity (Wildman–Crippen MR) is 117 cm³/mol. The number of ether oxygens (including phenoxy) is 1. The van der Waals surface area contributed by atoms with Crippen LogP contribution in [0.5, 0.6) is 5.75 Å². The van der Waals surface area contributed by atoms with Crippen LogP contribution in [0.4, 0.5) is 0 Å². The summed E-state index contributed by atoms with van der Waals surface area (Å²) < 4.78 is 30.8. The molecule has 1 aromatic carbocycles. The average Bonchev–Trinajstić information content (AvgIpc) is 3.05. The van der Waals surface area contributed by atoms with Gasteiger partial charge in [0.05, 0.1) is 6.61 Å². The van der Waals surface area contributed by atoms with Gasteiger partial charge in [-0.3, -0.25) is 23.7 Å². The van der Waals surface area contributed by atoms with Crippen LogP contribution in [0.15, 0.2) is 52.2 Å². The van der Waals surface area contributed by atoms with Crippen molar-refractivity contribution in [1.29, 1.82) is 0 Å². The molecule has 14 heteroatoms. The molecule has 0 saturated carbocycles. The van der Waals surface area contributed by atoms with Crippen molar-refractivity contribution in [3.05, 3.63) is 63.4 Å². The zero-order valence-electron chi connectivity index (χ0n) is 18.3. The van der Waals surface area contributed by atoms with Crippen LogP contribution in [-0.4, -0.2) is 61.8 Å². The number of carboxylic acid groups (broad SMARTS) is 1. The number of hydrogen-bond donors (Lipinski definition) is 5. The van der Waals surface area contributed by atoms with E-state index in [1.165, 1.54) is 12.1 Å². The number of carbonyl (C=O) groups is 1. The fourth-order valence-corrected chi connectivity index (χ4v) is 4.94. The lowest BCUT2D eigenvalue weighted by Crippen LogP contribution is -2.41. The summed E-state index contributed by atoms with van der Waals surface area (Å²) >= 11 is 0. The van der Waals surface area contributed by atoms with Crippen molar-refractivity contribution in [2.75, 3.05) is 6.61 Å². The number of rotatable bonds is 10. The minimum Gasteiger partial charge on any atom is -0.480 e. The van der Waals surface area contributed by atoms with Gasteiger partial charge in [0.1, 0.15) is 30.1 Å². The Morgan fingerprint density at radius 1 is 1.21 bits per heavy atom. The van der Waals surface area contributed by atoms with Crippen molar-refractivity contribution in [2.45, 2.75) is 44.4 Å². The van der Waals surface area contributed by atoms with Gasteiger partial charge in [-0.15, -0.1) is 0 Å². The summed E-state index contributed by atoms with van der Waals surface area (Å²) in [4.78, 5) is 36.9. The van der Waals surface area contributed by atoms with Gasteiger partial charge in [-0.25, -0.2) is 9.36 Å². The maximum Gasteiger partial charge on any atom is 0.459 e. The summed E-state index contributed by atoms with van der Waals surface area (Å²) in [6.07, 6.45) is -4.68. The van der Waals surface area contributed by atoms with Gasteiger partial charge in [0.25, 0.3) is 5.56 Å². The lowest BCUT2D eigenvalue weighted by atomic mass is 10.1. The Labute approximate surface area is 193 Å². The molecule has 6 atom stereocenters. The minimum absolute atomic E-state index is 0.136. The number of carboxylic acids is 1. The van der Waals surface area contributed by atoms with Crippen LogP contribution in [-0.2, 0) is 18.6 Å². The molecule has 0 aliphatic carbocycles. The largest absolute Gasteiger partial charge is 0.480 e. The van der Waals surface area contributed by atoms with E-state index in [2.05, 4.69) is 5.09 Å². The summed E-state index contributed by atoms with van der Waals surface area (Å²) in [6.45, 7) is 2.62. The number of nitrogens with zero attached hydrogens (tertiary/aromatic N) is 1. The molecule has 0 bridgehead atoms. The van der Waals surface area contributed by atoms with Gasteiger partial charge in [0.15, 0.2) is 6.23 Å². The number of hydrogen-bond acceptors (Lipinski definition) is 9. The molecule has 34 heavy (non-hydrogen) atoms. The molecule has 1 aromatic heterocycles. The molecule has 2 unspecified atom stereocenters. The first-order valence-electron chi connectivity index (χ1n) is 10.3. The Balaban J connectivity index is 1.79. The van der Waals surface area contributed by atoms with E-state index in [0.29, 0.717) is 0 Å². The van der Waals surface area contributed by atoms with Crippen molar-refractivity contribution in [3.8, 4) is 5.75 Å². The van der Waals surface area contributed by atoms with Gasteiger partial charge in [-0.2, -0.15) is 5.09 Å². The molecule has 0 amide bonds. The van der Waals surface area contributed by atoms with E-state index in [0.717, 1.165) is 16.8 Å². The van der Waals surface area contributed by atoms with Crippen LogP contribution in [0.1, 0.15) is 20.1 Å². The lowest BCUT2D eigenvalue weighted by molar-refractivity contribution is -0.140. The molecule has 13 nitrogen and oxygen atoms in total. The number of para-hydroxylation sites is 1. The van der Waals surface area contributed by atoms with Gasteiger partial charge in [-0.05, 0) is 18.1 Å². The molecule has 0 radical (unpaired) electrons. The van der Waals surface area contributed by atoms with Crippen LogP contribution in [0.25, 0.3) is 0 Å². The minimum atomic E-state index is -4.33. The molecule has 186 valence electrons. The first-order chi connectivity index (χ1) is 16.0. The summed E-state index contributed by atoms with van der Waals surface area (Å²) in [5, 5.41) is 32.6. The second-order valence-corrected chi connectivity index (χ2v) is 9.64. The number of aromatic amines is 1. The monoisotopic (exact) mass is 499 g/mol. The fraction of sp³-hybridized carbons (Fsp3) is 0.450. The Kier molecular flexibility index (Phi) is 8.08. The SMILES string of the molecule is CC(C)C(NP(=O)(OC[C@H]1O[C@@H](n2ccc(=O)[nH]c2=O)[C@H](O)[C@@H]1O)Oc1ccccc1)C(=O)O. The van der Waals surface area contributed by atoms with Crippen molar-refractivity contribution in [2.24, 2.45) is 5.92 Å². The van der Waals surface area contributed by atoms with Crippen LogP contribution in [0.2, 0.25) is 0 Å². The summed E-state index contributed by atoms with van der Waals surface area (Å²) in [5.41, 5.74) is -1.52. The van der Waals surface area contributed by atoms with E-state index in [1.54, 1.807) is 32.0 Å². The van der Waals surface area contributed by atoms with Crippen LogP contribution in [0.3, 0.4) is 0 Å². The summed E-state index contributed by atoms with van der Waals surface area (Å²) in [5.74, 6) is -1.63. The molecular formula is C20H26N3O10P. The highest BCUT2D eigenvalue weighted by Crippen LogP contribution is 2.46. The Morgan fingerprint density at radius 3 is 2.47 bits per heavy atom. The molecule has 2 heterocycles. The summed E-state index contributed by atoms with van der Waals surface area (Å²) in [6, 6.07) is 7.66. The van der Waals surface area contributed by atoms with Crippen molar-refractivity contribution in [3.63, 3.8) is 0 Å². The van der Waals surface area contributed by atoms with E-state index in [1.807, 2.05) is 4.98 Å². The molecule has 1 aliphatic rings. The Morgan fingerprint density at radius 2 is 1.88 bits per heavy atom. The van der Waals surface area contributed by atoms with Crippen molar-refractivity contribution in [1.82, 2.24) is 14.6 Å². The zero-order chi connectivity index (χ0) is 25.0. The number of aliphatic hydroxyl groups excluding tert-OH is 2. The first-order valence-corrected chi connectivity index (χ1v) is 11.9. The van der Waals surface area contributed by atoms with Crippen molar-refractivity contribution >= 4 is 13.7 Å². The number of aromatic nitrogens is 2. The van der Waals surface area contributed by atoms with Crippen LogP contribution in [0, 0.1) is 5.92 Å². The third kappa shape index (κ3) is 6.00. The quantitative estimate of drug-likeness (QED) is 0.278. The Hall–Kier alpha value is -2.80. The van der Waals surface area contributed by atoms with Gasteiger partial charge < -0.3 is 24.6 Å². The average molecular weight is 499 g/mol. The smallest absolute Gasteiger partial charge is 0.459 e. The molecule has 1 fully saturated rings. The summed E-state index contributed by atoms with van der Waals surface area (Å²) in [7, 11) is -4.33. The number of H-pyrrole nitrogens is 1. The molecule has 2 aromatic rings. The number of aliphatic hydroxyl groups is 2. The lowest BCUT2D eigenvalue weighted by Gasteiger charge is -2.26. The van der Waals surface area contributed by atoms with Gasteiger partial charge >= 0.3 is 19.4 Å². The first kappa shape index (κ1) is 25.8. The maximum absolute atomic E-state index is 13.5. The molecule has 3 rings (SSSR count). The highest BCUT2D eigenvalue weighted by Gasteiger charge is 2.46. The van der Waals surface area contributed by atoms with Gasteiger partial charge in [-0.1, -0.05) is 32.0 Å². The van der Waals surface area contributed by atoms with Crippen LogP contribution < -0.4 is 20.9 Å². The standard InChI is InChI=1S/C20H26N3O10P/c1-11(2)15(19(27)28)22-34(30,33-12-6-4-3-5-7-12)31-10-13-16(25)17(26)18(32-13)23-9-8-14(24)21-20(23)29/h3-9,11,13,15-18,25-26H,10H2,1-2H3,(H,22,30)(H,27,28)(H,21,24,29)/t13-,15?,16-,17-,18-,34?/m1/s1. The molecular weight excluding hydrogens is 473 g/mol. The highest BCUT2D eigenvalue weighted by molar-refractivity contribution is 7.52.